The number of rotatable bonds is 6. The summed E-state index contributed by atoms with van der Waals surface area (Å²) in [4.78, 5) is 18.9. The standard InChI is InChI=1S/C28H27F3N2O3/c29-28(30,31)15-36-24-6-5-21(10-22(24)27-11-16-7-17(12-27)9-18(8-16)13-27)23-14-32-25(33-23)19-1-3-20(4-2-19)26(34)35/h1-6,10,14,16-18H,7-9,11-13,15H2,(H,32,33)(H,34,35). The Morgan fingerprint density at radius 2 is 1.61 bits per heavy atom. The number of nitrogens with one attached hydrogen (secondary N) is 1. The number of benzene rings is 2. The van der Waals surface area contributed by atoms with Gasteiger partial charge in [-0.05, 0) is 92.0 Å². The Balaban J connectivity index is 1.36. The number of alkyl halides is 3. The number of hydrogen-bond acceptors (Lipinski definition) is 3. The Bertz CT molecular complexity index is 1260. The maximum Gasteiger partial charge on any atom is 0.422 e. The van der Waals surface area contributed by atoms with Gasteiger partial charge in [-0.3, -0.25) is 0 Å². The van der Waals surface area contributed by atoms with E-state index in [1.165, 1.54) is 31.4 Å². The second-order valence-corrected chi connectivity index (χ2v) is 10.8. The van der Waals surface area contributed by atoms with Gasteiger partial charge in [-0.1, -0.05) is 12.1 Å². The van der Waals surface area contributed by atoms with Gasteiger partial charge in [-0.15, -0.1) is 0 Å². The van der Waals surface area contributed by atoms with Crippen LogP contribution in [0.1, 0.15) is 54.4 Å². The van der Waals surface area contributed by atoms with Gasteiger partial charge in [-0.2, -0.15) is 13.2 Å². The summed E-state index contributed by atoms with van der Waals surface area (Å²) in [6.07, 6.45) is 4.05. The number of ether oxygens (including phenoxy) is 1. The van der Waals surface area contributed by atoms with E-state index in [-0.39, 0.29) is 11.0 Å². The Kier molecular flexibility index (Phi) is 5.39. The fourth-order valence-electron chi connectivity index (χ4n) is 7.22. The highest BCUT2D eigenvalue weighted by Gasteiger charge is 2.52. The molecule has 1 aromatic heterocycles. The Morgan fingerprint density at radius 3 is 2.19 bits per heavy atom. The Morgan fingerprint density at radius 1 is 1.00 bits per heavy atom. The van der Waals surface area contributed by atoms with Crippen molar-refractivity contribution in [2.45, 2.75) is 50.1 Å². The lowest BCUT2D eigenvalue weighted by atomic mass is 9.48. The number of carboxylic acid groups (broad SMARTS) is 1. The summed E-state index contributed by atoms with van der Waals surface area (Å²) in [7, 11) is 0. The number of aromatic amines is 1. The predicted octanol–water partition coefficient (Wildman–Crippen LogP) is 6.85. The largest absolute Gasteiger partial charge is 0.484 e. The first-order chi connectivity index (χ1) is 17.2. The van der Waals surface area contributed by atoms with Gasteiger partial charge in [0.1, 0.15) is 11.6 Å². The zero-order valence-electron chi connectivity index (χ0n) is 19.6. The highest BCUT2D eigenvalue weighted by atomic mass is 19.4. The average Bonchev–Trinajstić information content (AvgIpc) is 3.32. The van der Waals surface area contributed by atoms with Gasteiger partial charge in [0.15, 0.2) is 6.61 Å². The van der Waals surface area contributed by atoms with Crippen LogP contribution in [0.4, 0.5) is 13.2 Å². The van der Waals surface area contributed by atoms with Crippen LogP contribution in [-0.4, -0.2) is 33.8 Å². The number of carboxylic acids is 1. The molecule has 0 spiro atoms. The molecule has 0 saturated heterocycles. The van der Waals surface area contributed by atoms with Gasteiger partial charge in [-0.25, -0.2) is 9.78 Å². The number of imidazole rings is 1. The highest BCUT2D eigenvalue weighted by molar-refractivity contribution is 5.88. The van der Waals surface area contributed by atoms with Crippen molar-refractivity contribution in [1.82, 2.24) is 9.97 Å². The maximum atomic E-state index is 13.0. The van der Waals surface area contributed by atoms with E-state index in [0.717, 1.165) is 41.6 Å². The molecule has 4 fully saturated rings. The van der Waals surface area contributed by atoms with E-state index >= 15 is 0 Å². The topological polar surface area (TPSA) is 75.2 Å². The van der Waals surface area contributed by atoms with Crippen LogP contribution in [0.5, 0.6) is 5.75 Å². The van der Waals surface area contributed by atoms with E-state index in [2.05, 4.69) is 9.97 Å². The molecule has 0 radical (unpaired) electrons. The molecule has 8 heteroatoms. The lowest BCUT2D eigenvalue weighted by molar-refractivity contribution is -0.153. The van der Waals surface area contributed by atoms with E-state index in [1.54, 1.807) is 30.5 Å². The molecule has 5 nitrogen and oxygen atoms in total. The summed E-state index contributed by atoms with van der Waals surface area (Å²) in [6.45, 7) is -1.30. The van der Waals surface area contributed by atoms with E-state index in [0.29, 0.717) is 29.3 Å². The summed E-state index contributed by atoms with van der Waals surface area (Å²) in [5.74, 6) is 1.86. The van der Waals surface area contributed by atoms with Gasteiger partial charge >= 0.3 is 12.1 Å². The van der Waals surface area contributed by atoms with Crippen LogP contribution in [0.15, 0.2) is 48.7 Å². The van der Waals surface area contributed by atoms with Gasteiger partial charge in [0.25, 0.3) is 0 Å². The molecular formula is C28H27F3N2O3. The second kappa shape index (κ2) is 8.39. The fourth-order valence-corrected chi connectivity index (χ4v) is 7.22. The van der Waals surface area contributed by atoms with Crippen LogP contribution in [-0.2, 0) is 5.41 Å². The third-order valence-corrected chi connectivity index (χ3v) is 8.27. The molecule has 4 aliphatic rings. The van der Waals surface area contributed by atoms with E-state index < -0.39 is 18.8 Å². The Labute approximate surface area is 206 Å². The number of hydrogen-bond donors (Lipinski definition) is 2. The number of H-pyrrole nitrogens is 1. The van der Waals surface area contributed by atoms with Crippen molar-refractivity contribution in [3.8, 4) is 28.4 Å². The van der Waals surface area contributed by atoms with E-state index in [1.807, 2.05) is 6.07 Å². The molecule has 7 rings (SSSR count). The quantitative estimate of drug-likeness (QED) is 0.391. The zero-order valence-corrected chi connectivity index (χ0v) is 19.6. The van der Waals surface area contributed by atoms with Gasteiger partial charge in [0, 0.05) is 16.7 Å². The molecule has 0 atom stereocenters. The molecule has 0 unspecified atom stereocenters. The first-order valence-electron chi connectivity index (χ1n) is 12.4. The fraction of sp³-hybridized carbons (Fsp3) is 0.429. The summed E-state index contributed by atoms with van der Waals surface area (Å²) >= 11 is 0. The summed E-state index contributed by atoms with van der Waals surface area (Å²) < 4.78 is 44.5. The van der Waals surface area contributed by atoms with Crippen molar-refractivity contribution in [1.29, 1.82) is 0 Å². The number of carbonyl (C=O) groups is 1. The molecule has 0 aliphatic heterocycles. The molecule has 0 amide bonds. The maximum absolute atomic E-state index is 13.0. The van der Waals surface area contributed by atoms with Crippen LogP contribution in [0, 0.1) is 17.8 Å². The van der Waals surface area contributed by atoms with Crippen molar-refractivity contribution in [2.24, 2.45) is 17.8 Å². The van der Waals surface area contributed by atoms with Gasteiger partial charge in [0.2, 0.25) is 0 Å². The average molecular weight is 497 g/mol. The highest BCUT2D eigenvalue weighted by Crippen LogP contribution is 2.62. The summed E-state index contributed by atoms with van der Waals surface area (Å²) in [5.41, 5.74) is 3.30. The molecule has 4 bridgehead atoms. The first kappa shape index (κ1) is 23.1. The third-order valence-electron chi connectivity index (χ3n) is 8.27. The van der Waals surface area contributed by atoms with Crippen LogP contribution < -0.4 is 4.74 Å². The van der Waals surface area contributed by atoms with Crippen LogP contribution >= 0.6 is 0 Å². The van der Waals surface area contributed by atoms with Crippen molar-refractivity contribution in [3.05, 3.63) is 59.8 Å². The smallest absolute Gasteiger partial charge is 0.422 e. The van der Waals surface area contributed by atoms with Gasteiger partial charge < -0.3 is 14.8 Å². The lowest BCUT2D eigenvalue weighted by Crippen LogP contribution is -2.48. The molecule has 2 aromatic carbocycles. The van der Waals surface area contributed by atoms with Crippen molar-refractivity contribution in [3.63, 3.8) is 0 Å². The molecule has 1 heterocycles. The molecule has 3 aromatic rings. The minimum Gasteiger partial charge on any atom is -0.484 e. The van der Waals surface area contributed by atoms with Gasteiger partial charge in [0.05, 0.1) is 17.5 Å². The van der Waals surface area contributed by atoms with E-state index in [9.17, 15) is 18.0 Å². The van der Waals surface area contributed by atoms with Crippen molar-refractivity contribution < 1.29 is 27.8 Å². The number of aromatic carboxylic acids is 1. The summed E-state index contributed by atoms with van der Waals surface area (Å²) in [6, 6.07) is 11.9. The Hall–Kier alpha value is -3.29. The predicted molar refractivity (Wildman–Crippen MR) is 128 cm³/mol. The van der Waals surface area contributed by atoms with E-state index in [4.69, 9.17) is 9.84 Å². The zero-order chi connectivity index (χ0) is 25.1. The van der Waals surface area contributed by atoms with Crippen LogP contribution in [0.3, 0.4) is 0 Å². The molecule has 36 heavy (non-hydrogen) atoms. The summed E-state index contributed by atoms with van der Waals surface area (Å²) in [5, 5.41) is 9.12. The monoisotopic (exact) mass is 496 g/mol. The first-order valence-corrected chi connectivity index (χ1v) is 12.4. The second-order valence-electron chi connectivity index (χ2n) is 10.8. The molecule has 4 aliphatic carbocycles. The lowest BCUT2D eigenvalue weighted by Gasteiger charge is -2.57. The molecule has 188 valence electrons. The SMILES string of the molecule is O=C(O)c1ccc(-c2ncc(-c3ccc(OCC(F)(F)F)c(C45CC6CC(CC(C6)C4)C5)c3)[nH]2)cc1. The normalized spacial score (nSPS) is 26.8. The van der Waals surface area contributed by atoms with Crippen molar-refractivity contribution in [2.75, 3.05) is 6.61 Å². The minimum atomic E-state index is -4.40. The molecule has 4 saturated carbocycles. The van der Waals surface area contributed by atoms with Crippen LogP contribution in [0.2, 0.25) is 0 Å². The van der Waals surface area contributed by atoms with Crippen molar-refractivity contribution >= 4 is 5.97 Å². The molecular weight excluding hydrogens is 469 g/mol. The molecule has 2 N–H and O–H groups in total. The number of aromatic nitrogens is 2. The minimum absolute atomic E-state index is 0.138. The third kappa shape index (κ3) is 4.27. The van der Waals surface area contributed by atoms with Crippen LogP contribution in [0.25, 0.3) is 22.6 Å². The number of halogens is 3. The number of nitrogens with zero attached hydrogens (tertiary/aromatic N) is 1.